The van der Waals surface area contributed by atoms with Gasteiger partial charge in [0, 0.05) is 13.2 Å². The van der Waals surface area contributed by atoms with Gasteiger partial charge in [0.05, 0.1) is 28.2 Å². The SMILES string of the molecule is O=C(NCC(=O)N(c1ccccc1Cl)C(C(=O)NCC1CCCO1)c1ccccc1)c1cccs1. The summed E-state index contributed by atoms with van der Waals surface area (Å²) in [5, 5.41) is 7.72. The summed E-state index contributed by atoms with van der Waals surface area (Å²) in [6, 6.07) is 18.3. The predicted octanol–water partition coefficient (Wildman–Crippen LogP) is 4.20. The number of nitrogens with one attached hydrogen (secondary N) is 2. The van der Waals surface area contributed by atoms with Crippen LogP contribution >= 0.6 is 22.9 Å². The van der Waals surface area contributed by atoms with Crippen molar-refractivity contribution < 1.29 is 19.1 Å². The Kier molecular flexibility index (Phi) is 8.52. The summed E-state index contributed by atoms with van der Waals surface area (Å²) >= 11 is 7.78. The molecule has 182 valence electrons. The summed E-state index contributed by atoms with van der Waals surface area (Å²) < 4.78 is 5.64. The van der Waals surface area contributed by atoms with Gasteiger partial charge in [-0.2, -0.15) is 0 Å². The topological polar surface area (TPSA) is 87.7 Å². The average Bonchev–Trinajstić information content (AvgIpc) is 3.60. The van der Waals surface area contributed by atoms with Crippen LogP contribution < -0.4 is 15.5 Å². The van der Waals surface area contributed by atoms with Gasteiger partial charge in [0.25, 0.3) is 5.91 Å². The lowest BCUT2D eigenvalue weighted by molar-refractivity contribution is -0.126. The van der Waals surface area contributed by atoms with Gasteiger partial charge in [-0.3, -0.25) is 19.3 Å². The Morgan fingerprint density at radius 2 is 1.80 bits per heavy atom. The minimum atomic E-state index is -0.997. The van der Waals surface area contributed by atoms with Gasteiger partial charge in [0.1, 0.15) is 6.04 Å². The molecule has 0 radical (unpaired) electrons. The van der Waals surface area contributed by atoms with Crippen LogP contribution in [0.15, 0.2) is 72.1 Å². The average molecular weight is 512 g/mol. The first-order valence-electron chi connectivity index (χ1n) is 11.4. The fourth-order valence-electron chi connectivity index (χ4n) is 3.97. The van der Waals surface area contributed by atoms with Crippen LogP contribution in [0.1, 0.15) is 34.1 Å². The monoisotopic (exact) mass is 511 g/mol. The number of rotatable bonds is 9. The lowest BCUT2D eigenvalue weighted by Crippen LogP contribution is -2.48. The molecule has 0 spiro atoms. The van der Waals surface area contributed by atoms with Crippen molar-refractivity contribution in [3.05, 3.63) is 87.6 Å². The number of carbonyl (C=O) groups is 3. The standard InChI is InChI=1S/C26H26ClN3O4S/c27-20-11-4-5-12-21(20)30(23(31)17-29-25(32)22-13-7-15-35-22)24(18-8-2-1-3-9-18)26(33)28-16-19-10-6-14-34-19/h1-5,7-9,11-13,15,19,24H,6,10,14,16-17H2,(H,28,33)(H,29,32). The van der Waals surface area contributed by atoms with Gasteiger partial charge in [-0.05, 0) is 42.0 Å². The van der Waals surface area contributed by atoms with Crippen LogP contribution in [0.2, 0.25) is 5.02 Å². The smallest absolute Gasteiger partial charge is 0.261 e. The Hall–Kier alpha value is -3.20. The van der Waals surface area contributed by atoms with Crippen LogP contribution in [0.3, 0.4) is 0 Å². The first-order chi connectivity index (χ1) is 17.0. The van der Waals surface area contributed by atoms with Gasteiger partial charge >= 0.3 is 0 Å². The fourth-order valence-corrected chi connectivity index (χ4v) is 4.84. The van der Waals surface area contributed by atoms with Crippen molar-refractivity contribution in [3.8, 4) is 0 Å². The van der Waals surface area contributed by atoms with Crippen LogP contribution in [0.4, 0.5) is 5.69 Å². The fraction of sp³-hybridized carbons (Fsp3) is 0.269. The minimum absolute atomic E-state index is 0.0510. The lowest BCUT2D eigenvalue weighted by atomic mass is 10.0. The highest BCUT2D eigenvalue weighted by Gasteiger charge is 2.34. The van der Waals surface area contributed by atoms with Crippen molar-refractivity contribution in [3.63, 3.8) is 0 Å². The van der Waals surface area contributed by atoms with Crippen LogP contribution in [-0.2, 0) is 14.3 Å². The molecule has 2 N–H and O–H groups in total. The number of nitrogens with zero attached hydrogens (tertiary/aromatic N) is 1. The third-order valence-electron chi connectivity index (χ3n) is 5.68. The molecule has 1 saturated heterocycles. The number of para-hydroxylation sites is 1. The van der Waals surface area contributed by atoms with Crippen LogP contribution in [-0.4, -0.2) is 43.5 Å². The Labute approximate surface area is 213 Å². The number of anilines is 1. The second-order valence-electron chi connectivity index (χ2n) is 8.07. The van der Waals surface area contributed by atoms with E-state index in [-0.39, 0.29) is 24.5 Å². The third-order valence-corrected chi connectivity index (χ3v) is 6.86. The molecule has 1 fully saturated rings. The molecule has 4 rings (SSSR count). The molecule has 2 unspecified atom stereocenters. The summed E-state index contributed by atoms with van der Waals surface area (Å²) in [6.45, 7) is 0.725. The molecule has 2 heterocycles. The maximum atomic E-state index is 13.6. The number of amides is 3. The van der Waals surface area contributed by atoms with E-state index in [0.29, 0.717) is 34.3 Å². The molecular weight excluding hydrogens is 486 g/mol. The molecule has 1 aliphatic rings. The molecule has 3 aromatic rings. The van der Waals surface area contributed by atoms with Crippen LogP contribution in [0, 0.1) is 0 Å². The molecule has 1 aliphatic heterocycles. The molecule has 0 aliphatic carbocycles. The van der Waals surface area contributed by atoms with Gasteiger partial charge in [0.2, 0.25) is 11.8 Å². The highest BCUT2D eigenvalue weighted by molar-refractivity contribution is 7.12. The minimum Gasteiger partial charge on any atom is -0.376 e. The molecule has 7 nitrogen and oxygen atoms in total. The molecule has 0 bridgehead atoms. The number of hydrogen-bond donors (Lipinski definition) is 2. The van der Waals surface area contributed by atoms with Crippen molar-refractivity contribution in [2.45, 2.75) is 25.0 Å². The molecule has 2 aromatic carbocycles. The van der Waals surface area contributed by atoms with E-state index in [4.69, 9.17) is 16.3 Å². The number of ether oxygens (including phenoxy) is 1. The Balaban J connectivity index is 1.64. The van der Waals surface area contributed by atoms with Gasteiger partial charge in [-0.15, -0.1) is 11.3 Å². The van der Waals surface area contributed by atoms with Gasteiger partial charge in [-0.1, -0.05) is 60.1 Å². The predicted molar refractivity (Wildman–Crippen MR) is 137 cm³/mol. The van der Waals surface area contributed by atoms with E-state index >= 15 is 0 Å². The lowest BCUT2D eigenvalue weighted by Gasteiger charge is -2.32. The number of thiophene rings is 1. The third kappa shape index (κ3) is 6.28. The summed E-state index contributed by atoms with van der Waals surface area (Å²) in [4.78, 5) is 41.5. The van der Waals surface area contributed by atoms with E-state index < -0.39 is 11.9 Å². The van der Waals surface area contributed by atoms with E-state index in [9.17, 15) is 14.4 Å². The van der Waals surface area contributed by atoms with E-state index in [0.717, 1.165) is 12.8 Å². The Bertz CT molecular complexity index is 1150. The molecule has 0 saturated carbocycles. The summed E-state index contributed by atoms with van der Waals surface area (Å²) in [5.41, 5.74) is 1.00. The zero-order valence-electron chi connectivity index (χ0n) is 19.0. The van der Waals surface area contributed by atoms with Crippen LogP contribution in [0.25, 0.3) is 0 Å². The number of hydrogen-bond acceptors (Lipinski definition) is 5. The zero-order chi connectivity index (χ0) is 24.6. The van der Waals surface area contributed by atoms with Crippen LogP contribution in [0.5, 0.6) is 0 Å². The molecule has 2 atom stereocenters. The second kappa shape index (κ2) is 12.0. The van der Waals surface area contributed by atoms with Crippen molar-refractivity contribution in [2.75, 3.05) is 24.6 Å². The van der Waals surface area contributed by atoms with Gasteiger partial charge < -0.3 is 15.4 Å². The van der Waals surface area contributed by atoms with Crippen molar-refractivity contribution >= 4 is 46.3 Å². The molecule has 3 amide bonds. The van der Waals surface area contributed by atoms with E-state index in [1.807, 2.05) is 18.2 Å². The van der Waals surface area contributed by atoms with Gasteiger partial charge in [-0.25, -0.2) is 0 Å². The second-order valence-corrected chi connectivity index (χ2v) is 9.42. The first-order valence-corrected chi connectivity index (χ1v) is 12.6. The maximum absolute atomic E-state index is 13.6. The van der Waals surface area contributed by atoms with E-state index in [1.165, 1.54) is 16.2 Å². The van der Waals surface area contributed by atoms with Gasteiger partial charge in [0.15, 0.2) is 0 Å². The Morgan fingerprint density at radius 3 is 2.49 bits per heavy atom. The van der Waals surface area contributed by atoms with Crippen molar-refractivity contribution in [1.29, 1.82) is 0 Å². The number of carbonyl (C=O) groups excluding carboxylic acids is 3. The van der Waals surface area contributed by atoms with E-state index in [2.05, 4.69) is 10.6 Å². The van der Waals surface area contributed by atoms with Crippen molar-refractivity contribution in [2.24, 2.45) is 0 Å². The zero-order valence-corrected chi connectivity index (χ0v) is 20.6. The normalized spacial score (nSPS) is 15.9. The number of halogens is 1. The maximum Gasteiger partial charge on any atom is 0.261 e. The molecule has 1 aromatic heterocycles. The molecular formula is C26H26ClN3O4S. The van der Waals surface area contributed by atoms with E-state index in [1.54, 1.807) is 53.9 Å². The highest BCUT2D eigenvalue weighted by Crippen LogP contribution is 2.33. The first kappa shape index (κ1) is 24.9. The largest absolute Gasteiger partial charge is 0.376 e. The quantitative estimate of drug-likeness (QED) is 0.450. The van der Waals surface area contributed by atoms with Crippen molar-refractivity contribution in [1.82, 2.24) is 10.6 Å². The molecule has 9 heteroatoms. The summed E-state index contributed by atoms with van der Waals surface area (Å²) in [7, 11) is 0. The molecule has 35 heavy (non-hydrogen) atoms. The summed E-state index contributed by atoms with van der Waals surface area (Å²) in [5.74, 6) is -1.18. The highest BCUT2D eigenvalue weighted by atomic mass is 35.5. The summed E-state index contributed by atoms with van der Waals surface area (Å²) in [6.07, 6.45) is 1.78. The Morgan fingerprint density at radius 1 is 1.03 bits per heavy atom. The number of benzene rings is 2.